The summed E-state index contributed by atoms with van der Waals surface area (Å²) in [6.45, 7) is 6.73. The molecule has 0 bridgehead atoms. The van der Waals surface area contributed by atoms with Crippen molar-refractivity contribution < 1.29 is 0 Å². The number of nitrogens with zero attached hydrogens (tertiary/aromatic N) is 2. The molecule has 0 spiro atoms. The van der Waals surface area contributed by atoms with E-state index >= 15 is 0 Å². The molecular formula is C13H29N3. The monoisotopic (exact) mass is 227 g/mol. The first-order valence-electron chi connectivity index (χ1n) is 6.77. The Bertz CT molecular complexity index is 182. The maximum Gasteiger partial charge on any atom is 0.0136 e. The van der Waals surface area contributed by atoms with Crippen molar-refractivity contribution in [2.24, 2.45) is 11.7 Å². The highest BCUT2D eigenvalue weighted by Gasteiger charge is 2.30. The minimum Gasteiger partial charge on any atom is -0.330 e. The Balaban J connectivity index is 2.47. The van der Waals surface area contributed by atoms with Crippen LogP contribution in [0.1, 0.15) is 32.6 Å². The fourth-order valence-electron chi connectivity index (χ4n) is 2.83. The van der Waals surface area contributed by atoms with Gasteiger partial charge >= 0.3 is 0 Å². The van der Waals surface area contributed by atoms with Crippen LogP contribution in [0.5, 0.6) is 0 Å². The van der Waals surface area contributed by atoms with Crippen LogP contribution < -0.4 is 5.73 Å². The highest BCUT2D eigenvalue weighted by molar-refractivity contribution is 4.86. The minimum atomic E-state index is 0.744. The first-order chi connectivity index (χ1) is 7.69. The summed E-state index contributed by atoms with van der Waals surface area (Å²) in [5, 5.41) is 0. The van der Waals surface area contributed by atoms with Gasteiger partial charge in [0, 0.05) is 19.1 Å². The van der Waals surface area contributed by atoms with Crippen LogP contribution in [0.2, 0.25) is 0 Å². The summed E-state index contributed by atoms with van der Waals surface area (Å²) < 4.78 is 0. The largest absolute Gasteiger partial charge is 0.330 e. The molecule has 0 aliphatic heterocycles. The summed E-state index contributed by atoms with van der Waals surface area (Å²) in [6.07, 6.45) is 5.31. The van der Waals surface area contributed by atoms with Gasteiger partial charge in [0.2, 0.25) is 0 Å². The molecule has 0 aromatic heterocycles. The number of likely N-dealkylation sites (N-methyl/N-ethyl adjacent to an activating group) is 1. The third kappa shape index (κ3) is 4.04. The van der Waals surface area contributed by atoms with E-state index < -0.39 is 0 Å². The van der Waals surface area contributed by atoms with Gasteiger partial charge in [0.25, 0.3) is 0 Å². The Morgan fingerprint density at radius 1 is 1.12 bits per heavy atom. The van der Waals surface area contributed by atoms with E-state index in [4.69, 9.17) is 5.73 Å². The molecule has 1 aliphatic rings. The van der Waals surface area contributed by atoms with Gasteiger partial charge < -0.3 is 10.6 Å². The van der Waals surface area contributed by atoms with Crippen LogP contribution >= 0.6 is 0 Å². The molecule has 0 radical (unpaired) electrons. The zero-order valence-electron chi connectivity index (χ0n) is 11.3. The van der Waals surface area contributed by atoms with Gasteiger partial charge in [-0.05, 0) is 52.4 Å². The third-order valence-electron chi connectivity index (χ3n) is 3.74. The number of nitrogens with two attached hydrogens (primary N) is 1. The van der Waals surface area contributed by atoms with Crippen LogP contribution in [0, 0.1) is 5.92 Å². The molecule has 1 rings (SSSR count). The summed E-state index contributed by atoms with van der Waals surface area (Å²) in [7, 11) is 4.30. The van der Waals surface area contributed by atoms with E-state index in [1.54, 1.807) is 0 Å². The normalized spacial score (nSPS) is 25.9. The lowest BCUT2D eigenvalue weighted by molar-refractivity contribution is 0.149. The van der Waals surface area contributed by atoms with Gasteiger partial charge in [0.15, 0.2) is 0 Å². The number of hydrogen-bond donors (Lipinski definition) is 1. The molecule has 0 amide bonds. The van der Waals surface area contributed by atoms with E-state index in [1.807, 2.05) is 0 Å². The van der Waals surface area contributed by atoms with E-state index in [9.17, 15) is 0 Å². The van der Waals surface area contributed by atoms with E-state index in [-0.39, 0.29) is 0 Å². The van der Waals surface area contributed by atoms with E-state index in [1.165, 1.54) is 38.8 Å². The first kappa shape index (κ1) is 13.9. The van der Waals surface area contributed by atoms with Crippen LogP contribution in [0.15, 0.2) is 0 Å². The van der Waals surface area contributed by atoms with Crippen molar-refractivity contribution in [2.45, 2.75) is 38.6 Å². The van der Waals surface area contributed by atoms with Gasteiger partial charge in [-0.2, -0.15) is 0 Å². The van der Waals surface area contributed by atoms with Crippen molar-refractivity contribution >= 4 is 0 Å². The van der Waals surface area contributed by atoms with Crippen LogP contribution in [-0.4, -0.2) is 56.1 Å². The Kier molecular flexibility index (Phi) is 6.32. The Morgan fingerprint density at radius 3 is 2.44 bits per heavy atom. The molecule has 1 fully saturated rings. The summed E-state index contributed by atoms with van der Waals surface area (Å²) in [6, 6.07) is 0.755. The first-order valence-corrected chi connectivity index (χ1v) is 6.77. The van der Waals surface area contributed by atoms with Crippen molar-refractivity contribution in [1.29, 1.82) is 0 Å². The molecule has 2 atom stereocenters. The zero-order chi connectivity index (χ0) is 12.0. The van der Waals surface area contributed by atoms with E-state index in [2.05, 4.69) is 30.8 Å². The van der Waals surface area contributed by atoms with Gasteiger partial charge in [0.05, 0.1) is 0 Å². The number of hydrogen-bond acceptors (Lipinski definition) is 3. The topological polar surface area (TPSA) is 32.5 Å². The van der Waals surface area contributed by atoms with Crippen LogP contribution in [-0.2, 0) is 0 Å². The van der Waals surface area contributed by atoms with Crippen LogP contribution in [0.25, 0.3) is 0 Å². The molecule has 1 aliphatic carbocycles. The Hall–Kier alpha value is -0.120. The molecule has 16 heavy (non-hydrogen) atoms. The maximum absolute atomic E-state index is 5.88. The predicted octanol–water partition coefficient (Wildman–Crippen LogP) is 1.39. The highest BCUT2D eigenvalue weighted by Crippen LogP contribution is 2.29. The molecule has 3 nitrogen and oxygen atoms in total. The van der Waals surface area contributed by atoms with Gasteiger partial charge in [0.1, 0.15) is 0 Å². The summed E-state index contributed by atoms with van der Waals surface area (Å²) in [5.74, 6) is 0.744. The molecule has 2 N–H and O–H groups in total. The molecule has 0 aromatic carbocycles. The van der Waals surface area contributed by atoms with Gasteiger partial charge in [-0.15, -0.1) is 0 Å². The summed E-state index contributed by atoms with van der Waals surface area (Å²) in [4.78, 5) is 4.94. The van der Waals surface area contributed by atoms with Gasteiger partial charge in [-0.25, -0.2) is 0 Å². The third-order valence-corrected chi connectivity index (χ3v) is 3.74. The molecule has 1 saturated carbocycles. The molecular weight excluding hydrogens is 198 g/mol. The lowest BCUT2D eigenvalue weighted by Gasteiger charge is -2.33. The summed E-state index contributed by atoms with van der Waals surface area (Å²) >= 11 is 0. The van der Waals surface area contributed by atoms with Crippen LogP contribution in [0.3, 0.4) is 0 Å². The quantitative estimate of drug-likeness (QED) is 0.713. The average Bonchev–Trinajstić information content (AvgIpc) is 2.71. The second-order valence-corrected chi connectivity index (χ2v) is 5.33. The number of rotatable bonds is 7. The molecule has 96 valence electrons. The van der Waals surface area contributed by atoms with Crippen molar-refractivity contribution in [3.63, 3.8) is 0 Å². The van der Waals surface area contributed by atoms with Crippen molar-refractivity contribution in [2.75, 3.05) is 40.3 Å². The van der Waals surface area contributed by atoms with E-state index in [0.717, 1.165) is 25.0 Å². The fraction of sp³-hybridized carbons (Fsp3) is 1.00. The lowest BCUT2D eigenvalue weighted by Crippen LogP contribution is -2.43. The zero-order valence-corrected chi connectivity index (χ0v) is 11.3. The van der Waals surface area contributed by atoms with Crippen LogP contribution in [0.4, 0.5) is 0 Å². The second-order valence-electron chi connectivity index (χ2n) is 5.33. The molecule has 2 unspecified atom stereocenters. The minimum absolute atomic E-state index is 0.744. The molecule has 0 aromatic rings. The Labute approximate surface area is 101 Å². The summed E-state index contributed by atoms with van der Waals surface area (Å²) in [5.41, 5.74) is 5.88. The predicted molar refractivity (Wildman–Crippen MR) is 70.6 cm³/mol. The molecule has 0 heterocycles. The van der Waals surface area contributed by atoms with Gasteiger partial charge in [-0.1, -0.05) is 13.3 Å². The SMILES string of the molecule is CCCN(CCN(C)C)C1CCCC1CN. The average molecular weight is 227 g/mol. The smallest absolute Gasteiger partial charge is 0.0136 e. The van der Waals surface area contributed by atoms with E-state index in [0.29, 0.717) is 0 Å². The van der Waals surface area contributed by atoms with Crippen molar-refractivity contribution in [3.8, 4) is 0 Å². The van der Waals surface area contributed by atoms with Crippen molar-refractivity contribution in [1.82, 2.24) is 9.80 Å². The van der Waals surface area contributed by atoms with Crippen molar-refractivity contribution in [3.05, 3.63) is 0 Å². The lowest BCUT2D eigenvalue weighted by atomic mass is 10.0. The highest BCUT2D eigenvalue weighted by atomic mass is 15.2. The van der Waals surface area contributed by atoms with Gasteiger partial charge in [-0.3, -0.25) is 4.90 Å². The standard InChI is InChI=1S/C13H29N3/c1-4-8-16(10-9-15(2)3)13-7-5-6-12(13)11-14/h12-13H,4-11,14H2,1-3H3. The fourth-order valence-corrected chi connectivity index (χ4v) is 2.83. The maximum atomic E-state index is 5.88. The Morgan fingerprint density at radius 2 is 1.88 bits per heavy atom. The molecule has 0 saturated heterocycles. The molecule has 3 heteroatoms. The second kappa shape index (κ2) is 7.25.